The first kappa shape index (κ1) is 18.8. The van der Waals surface area contributed by atoms with Crippen LogP contribution in [0, 0.1) is 0 Å². The molecule has 0 unspecified atom stereocenters. The predicted octanol–water partition coefficient (Wildman–Crippen LogP) is 3.62. The minimum atomic E-state index is -0.258. The Morgan fingerprint density at radius 2 is 1.81 bits per heavy atom. The molecule has 1 aliphatic rings. The lowest BCUT2D eigenvalue weighted by Crippen LogP contribution is -2.35. The van der Waals surface area contributed by atoms with Crippen molar-refractivity contribution in [3.05, 3.63) is 48.5 Å². The van der Waals surface area contributed by atoms with Gasteiger partial charge in [0, 0.05) is 24.3 Å². The lowest BCUT2D eigenvalue weighted by atomic mass is 10.1. The van der Waals surface area contributed by atoms with Gasteiger partial charge in [-0.15, -0.1) is 0 Å². The molecule has 2 aromatic carbocycles. The molecule has 3 rings (SSSR count). The highest BCUT2D eigenvalue weighted by Gasteiger charge is 2.19. The molecular weight excluding hydrogens is 344 g/mol. The number of carbonyl (C=O) groups is 2. The maximum atomic E-state index is 12.2. The smallest absolute Gasteiger partial charge is 0.262 e. The van der Waals surface area contributed by atoms with Crippen LogP contribution in [0.2, 0.25) is 0 Å². The zero-order chi connectivity index (χ0) is 19.1. The molecule has 0 atom stereocenters. The molecule has 1 saturated heterocycles. The van der Waals surface area contributed by atoms with Gasteiger partial charge in [0.15, 0.2) is 6.61 Å². The molecule has 2 aromatic rings. The summed E-state index contributed by atoms with van der Waals surface area (Å²) >= 11 is 0. The third kappa shape index (κ3) is 5.23. The molecule has 0 saturated carbocycles. The van der Waals surface area contributed by atoms with Crippen LogP contribution in [0.1, 0.15) is 26.2 Å². The van der Waals surface area contributed by atoms with Gasteiger partial charge in [0.2, 0.25) is 5.91 Å². The summed E-state index contributed by atoms with van der Waals surface area (Å²) in [6.07, 6.45) is 2.51. The molecule has 1 N–H and O–H groups in total. The van der Waals surface area contributed by atoms with Crippen molar-refractivity contribution in [1.29, 1.82) is 0 Å². The third-order valence-corrected chi connectivity index (χ3v) is 4.27. The Kier molecular flexibility index (Phi) is 6.30. The highest BCUT2D eigenvalue weighted by atomic mass is 16.5. The van der Waals surface area contributed by atoms with Crippen molar-refractivity contribution in [3.8, 4) is 11.5 Å². The van der Waals surface area contributed by atoms with E-state index < -0.39 is 0 Å². The fraction of sp³-hybridized carbons (Fsp3) is 0.333. The molecule has 142 valence electrons. The van der Waals surface area contributed by atoms with Gasteiger partial charge in [-0.05, 0) is 62.2 Å². The third-order valence-electron chi connectivity index (χ3n) is 4.27. The number of anilines is 2. The number of amides is 2. The van der Waals surface area contributed by atoms with E-state index in [9.17, 15) is 9.59 Å². The van der Waals surface area contributed by atoms with Crippen molar-refractivity contribution in [2.24, 2.45) is 0 Å². The molecule has 0 aliphatic carbocycles. The van der Waals surface area contributed by atoms with Gasteiger partial charge in [0.05, 0.1) is 6.61 Å². The van der Waals surface area contributed by atoms with Crippen LogP contribution in [0.15, 0.2) is 48.5 Å². The average molecular weight is 368 g/mol. The largest absolute Gasteiger partial charge is 0.494 e. The Bertz CT molecular complexity index is 789. The minimum Gasteiger partial charge on any atom is -0.494 e. The van der Waals surface area contributed by atoms with E-state index in [1.165, 1.54) is 0 Å². The number of piperidine rings is 1. The summed E-state index contributed by atoms with van der Waals surface area (Å²) in [5.41, 5.74) is 1.45. The van der Waals surface area contributed by atoms with Crippen molar-refractivity contribution >= 4 is 23.2 Å². The molecule has 27 heavy (non-hydrogen) atoms. The Balaban J connectivity index is 1.54. The Morgan fingerprint density at radius 3 is 2.52 bits per heavy atom. The first-order valence-corrected chi connectivity index (χ1v) is 9.21. The van der Waals surface area contributed by atoms with Crippen molar-refractivity contribution in [2.75, 3.05) is 30.0 Å². The van der Waals surface area contributed by atoms with Crippen LogP contribution in [0.5, 0.6) is 11.5 Å². The molecule has 2 amide bonds. The van der Waals surface area contributed by atoms with Crippen molar-refractivity contribution in [2.45, 2.75) is 26.2 Å². The van der Waals surface area contributed by atoms with E-state index in [-0.39, 0.29) is 18.4 Å². The van der Waals surface area contributed by atoms with E-state index in [0.29, 0.717) is 24.5 Å². The van der Waals surface area contributed by atoms with E-state index in [1.54, 1.807) is 35.2 Å². The number of nitrogens with zero attached hydrogens (tertiary/aromatic N) is 1. The highest BCUT2D eigenvalue weighted by molar-refractivity contribution is 5.96. The highest BCUT2D eigenvalue weighted by Crippen LogP contribution is 2.24. The van der Waals surface area contributed by atoms with Gasteiger partial charge in [-0.3, -0.25) is 9.59 Å². The Hall–Kier alpha value is -3.02. The molecule has 0 bridgehead atoms. The number of benzene rings is 2. The molecule has 0 aromatic heterocycles. The maximum absolute atomic E-state index is 12.2. The molecular formula is C21H24N2O4. The molecule has 1 fully saturated rings. The molecule has 6 nitrogen and oxygen atoms in total. The fourth-order valence-electron chi connectivity index (χ4n) is 2.98. The second kappa shape index (κ2) is 9.07. The van der Waals surface area contributed by atoms with E-state index in [1.807, 2.05) is 25.1 Å². The van der Waals surface area contributed by atoms with Crippen LogP contribution in [0.4, 0.5) is 11.4 Å². The molecule has 0 spiro atoms. The van der Waals surface area contributed by atoms with Gasteiger partial charge in [-0.1, -0.05) is 6.07 Å². The van der Waals surface area contributed by atoms with Gasteiger partial charge in [0.25, 0.3) is 5.91 Å². The second-order valence-corrected chi connectivity index (χ2v) is 6.29. The number of nitrogens with one attached hydrogen (secondary N) is 1. The summed E-state index contributed by atoms with van der Waals surface area (Å²) in [5, 5.41) is 2.81. The summed E-state index contributed by atoms with van der Waals surface area (Å²) in [7, 11) is 0. The van der Waals surface area contributed by atoms with Gasteiger partial charge in [-0.25, -0.2) is 0 Å². The van der Waals surface area contributed by atoms with Crippen molar-refractivity contribution < 1.29 is 19.1 Å². The van der Waals surface area contributed by atoms with Crippen LogP contribution in [-0.4, -0.2) is 31.6 Å². The Morgan fingerprint density at radius 1 is 1.07 bits per heavy atom. The second-order valence-electron chi connectivity index (χ2n) is 6.29. The van der Waals surface area contributed by atoms with Crippen LogP contribution in [-0.2, 0) is 9.59 Å². The lowest BCUT2D eigenvalue weighted by molar-refractivity contribution is -0.119. The summed E-state index contributed by atoms with van der Waals surface area (Å²) in [5.74, 6) is 1.23. The van der Waals surface area contributed by atoms with Gasteiger partial charge in [-0.2, -0.15) is 0 Å². The Labute approximate surface area is 159 Å². The summed E-state index contributed by atoms with van der Waals surface area (Å²) in [4.78, 5) is 26.0. The summed E-state index contributed by atoms with van der Waals surface area (Å²) < 4.78 is 10.9. The standard InChI is InChI=1S/C21H24N2O4/c1-2-26-18-9-11-19(12-10-18)27-15-20(24)22-16-6-5-7-17(14-16)23-13-4-3-8-21(23)25/h5-7,9-12,14H,2-4,8,13,15H2,1H3,(H,22,24). The van der Waals surface area contributed by atoms with E-state index in [0.717, 1.165) is 30.8 Å². The topological polar surface area (TPSA) is 67.9 Å². The van der Waals surface area contributed by atoms with Crippen molar-refractivity contribution in [3.63, 3.8) is 0 Å². The number of hydrogen-bond acceptors (Lipinski definition) is 4. The fourth-order valence-corrected chi connectivity index (χ4v) is 2.98. The van der Waals surface area contributed by atoms with Gasteiger partial charge < -0.3 is 19.7 Å². The number of rotatable bonds is 7. The van der Waals surface area contributed by atoms with Crippen LogP contribution in [0.25, 0.3) is 0 Å². The number of carbonyl (C=O) groups excluding carboxylic acids is 2. The summed E-state index contributed by atoms with van der Waals surface area (Å²) in [6.45, 7) is 3.15. The van der Waals surface area contributed by atoms with E-state index in [4.69, 9.17) is 9.47 Å². The number of hydrogen-bond donors (Lipinski definition) is 1. The quantitative estimate of drug-likeness (QED) is 0.810. The zero-order valence-corrected chi connectivity index (χ0v) is 15.4. The first-order chi connectivity index (χ1) is 13.2. The lowest BCUT2D eigenvalue weighted by Gasteiger charge is -2.27. The van der Waals surface area contributed by atoms with Crippen LogP contribution in [0.3, 0.4) is 0 Å². The SMILES string of the molecule is CCOc1ccc(OCC(=O)Nc2cccc(N3CCCCC3=O)c2)cc1. The average Bonchev–Trinajstić information content (AvgIpc) is 2.68. The predicted molar refractivity (Wildman–Crippen MR) is 104 cm³/mol. The molecule has 6 heteroatoms. The normalized spacial score (nSPS) is 14.0. The number of ether oxygens (including phenoxy) is 2. The minimum absolute atomic E-state index is 0.0964. The molecule has 0 radical (unpaired) electrons. The first-order valence-electron chi connectivity index (χ1n) is 9.21. The van der Waals surface area contributed by atoms with E-state index in [2.05, 4.69) is 5.32 Å². The van der Waals surface area contributed by atoms with Gasteiger partial charge in [0.1, 0.15) is 11.5 Å². The zero-order valence-electron chi connectivity index (χ0n) is 15.4. The maximum Gasteiger partial charge on any atom is 0.262 e. The monoisotopic (exact) mass is 368 g/mol. The van der Waals surface area contributed by atoms with Crippen LogP contribution >= 0.6 is 0 Å². The summed E-state index contributed by atoms with van der Waals surface area (Å²) in [6, 6.07) is 14.5. The molecule has 1 aliphatic heterocycles. The van der Waals surface area contributed by atoms with E-state index >= 15 is 0 Å². The van der Waals surface area contributed by atoms with Gasteiger partial charge >= 0.3 is 0 Å². The van der Waals surface area contributed by atoms with Crippen LogP contribution < -0.4 is 19.7 Å². The van der Waals surface area contributed by atoms with Crippen molar-refractivity contribution in [1.82, 2.24) is 0 Å². The molecule has 1 heterocycles.